The van der Waals surface area contributed by atoms with Crippen LogP contribution in [-0.4, -0.2) is 77.3 Å². The summed E-state index contributed by atoms with van der Waals surface area (Å²) in [7, 11) is -2.53. The van der Waals surface area contributed by atoms with Crippen molar-refractivity contribution in [2.75, 3.05) is 55.8 Å². The Balaban J connectivity index is 1.52. The first kappa shape index (κ1) is 26.1. The lowest BCUT2D eigenvalue weighted by atomic mass is 9.95. The van der Waals surface area contributed by atoms with Crippen molar-refractivity contribution in [1.29, 1.82) is 0 Å². The molecule has 1 aliphatic carbocycles. The molecule has 1 aromatic carbocycles. The van der Waals surface area contributed by atoms with Gasteiger partial charge in [-0.3, -0.25) is 13.9 Å². The van der Waals surface area contributed by atoms with E-state index in [0.717, 1.165) is 46.7 Å². The fourth-order valence-corrected chi connectivity index (χ4v) is 6.54. The van der Waals surface area contributed by atoms with Gasteiger partial charge < -0.3 is 19.7 Å². The first-order valence-corrected chi connectivity index (χ1v) is 14.3. The summed E-state index contributed by atoms with van der Waals surface area (Å²) in [5.41, 5.74) is 1.92. The lowest BCUT2D eigenvalue weighted by Crippen LogP contribution is -2.40. The average molecular weight is 536 g/mol. The number of hydrogen-bond acceptors (Lipinski definition) is 8. The van der Waals surface area contributed by atoms with E-state index in [1.807, 2.05) is 0 Å². The molecule has 10 nitrogen and oxygen atoms in total. The molecule has 36 heavy (non-hydrogen) atoms. The molecule has 1 aliphatic heterocycles. The van der Waals surface area contributed by atoms with Gasteiger partial charge in [0.15, 0.2) is 0 Å². The average Bonchev–Trinajstić information content (AvgIpc) is 3.24. The van der Waals surface area contributed by atoms with Gasteiger partial charge in [0, 0.05) is 23.5 Å². The summed E-state index contributed by atoms with van der Waals surface area (Å²) in [4.78, 5) is 40.8. The number of rotatable bonds is 7. The third-order valence-corrected chi connectivity index (χ3v) is 8.55. The molecule has 2 aromatic rings. The normalized spacial score (nSPS) is 15.7. The second kappa shape index (κ2) is 11.0. The minimum Gasteiger partial charge on any atom is -0.465 e. The number of morpholine rings is 1. The number of sulfonamides is 1. The van der Waals surface area contributed by atoms with Crippen molar-refractivity contribution in [2.24, 2.45) is 0 Å². The summed E-state index contributed by atoms with van der Waals surface area (Å²) in [5, 5.41) is 3.10. The molecule has 0 radical (unpaired) electrons. The van der Waals surface area contributed by atoms with Gasteiger partial charge in [-0.25, -0.2) is 13.2 Å². The van der Waals surface area contributed by atoms with Gasteiger partial charge in [-0.05, 0) is 55.5 Å². The van der Waals surface area contributed by atoms with Crippen molar-refractivity contribution in [1.82, 2.24) is 4.90 Å². The quantitative estimate of drug-likeness (QED) is 0.540. The van der Waals surface area contributed by atoms with E-state index in [1.165, 1.54) is 30.6 Å². The number of methoxy groups -OCH3 is 1. The van der Waals surface area contributed by atoms with Gasteiger partial charge in [0.1, 0.15) is 11.5 Å². The third-order valence-electron chi connectivity index (χ3n) is 6.20. The van der Waals surface area contributed by atoms with Crippen LogP contribution in [0.25, 0.3) is 0 Å². The molecule has 12 heteroatoms. The lowest BCUT2D eigenvalue weighted by Gasteiger charge is -2.27. The number of carbonyl (C=O) groups excluding carboxylic acids is 3. The number of anilines is 2. The Kier molecular flexibility index (Phi) is 7.96. The third kappa shape index (κ3) is 5.71. The molecular formula is C24H29N3O7S2. The number of aryl methyl sites for hydroxylation is 1. The Morgan fingerprint density at radius 2 is 1.78 bits per heavy atom. The summed E-state index contributed by atoms with van der Waals surface area (Å²) in [6.07, 6.45) is 4.53. The molecule has 0 atom stereocenters. The summed E-state index contributed by atoms with van der Waals surface area (Å²) >= 11 is 1.33. The summed E-state index contributed by atoms with van der Waals surface area (Å²) in [6.45, 7) is 1.46. The van der Waals surface area contributed by atoms with Gasteiger partial charge >= 0.3 is 5.97 Å². The lowest BCUT2D eigenvalue weighted by molar-refractivity contribution is -0.114. The highest BCUT2D eigenvalue weighted by Gasteiger charge is 2.28. The number of amides is 2. The fraction of sp³-hybridized carbons (Fsp3) is 0.458. The smallest absolute Gasteiger partial charge is 0.341 e. The molecule has 1 fully saturated rings. The van der Waals surface area contributed by atoms with Crippen molar-refractivity contribution in [3.63, 3.8) is 0 Å². The maximum absolute atomic E-state index is 13.0. The number of thiophene rings is 1. The standard InChI is InChI=1S/C24H29N3O7S2/c1-33-24(30)21-18-5-3-4-6-19(18)35-22(21)25-20(28)15-27(36(2,31)32)17-9-7-16(8-10-17)23(29)26-11-13-34-14-12-26/h7-10H,3-6,11-15H2,1-2H3,(H,25,28). The molecule has 2 heterocycles. The van der Waals surface area contributed by atoms with Crippen LogP contribution in [-0.2, 0) is 37.1 Å². The first-order chi connectivity index (χ1) is 17.2. The van der Waals surface area contributed by atoms with Crippen LogP contribution in [0.1, 0.15) is 44.0 Å². The van der Waals surface area contributed by atoms with E-state index in [0.29, 0.717) is 42.4 Å². The van der Waals surface area contributed by atoms with Gasteiger partial charge in [-0.2, -0.15) is 0 Å². The zero-order valence-electron chi connectivity index (χ0n) is 20.2. The van der Waals surface area contributed by atoms with Crippen LogP contribution < -0.4 is 9.62 Å². The summed E-state index contributed by atoms with van der Waals surface area (Å²) < 4.78 is 36.3. The molecule has 2 aliphatic rings. The molecule has 2 amide bonds. The predicted octanol–water partition coefficient (Wildman–Crippen LogP) is 2.29. The van der Waals surface area contributed by atoms with E-state index in [2.05, 4.69) is 5.32 Å². The molecule has 1 aromatic heterocycles. The predicted molar refractivity (Wildman–Crippen MR) is 136 cm³/mol. The number of ether oxygens (including phenoxy) is 2. The SMILES string of the molecule is COC(=O)c1c(NC(=O)CN(c2ccc(C(=O)N3CCOCC3)cc2)S(C)(=O)=O)sc2c1CCCC2. The number of esters is 1. The van der Waals surface area contributed by atoms with E-state index >= 15 is 0 Å². The molecule has 1 saturated heterocycles. The highest BCUT2D eigenvalue weighted by Crippen LogP contribution is 2.38. The topological polar surface area (TPSA) is 122 Å². The molecule has 0 bridgehead atoms. The number of nitrogens with one attached hydrogen (secondary N) is 1. The van der Waals surface area contributed by atoms with E-state index in [1.54, 1.807) is 17.0 Å². The molecule has 194 valence electrons. The number of benzene rings is 1. The van der Waals surface area contributed by atoms with Gasteiger partial charge in [-0.15, -0.1) is 11.3 Å². The fourth-order valence-electron chi connectivity index (χ4n) is 4.39. The Hall–Kier alpha value is -2.96. The Labute approximate surface area is 214 Å². The Morgan fingerprint density at radius 1 is 1.11 bits per heavy atom. The first-order valence-electron chi connectivity index (χ1n) is 11.7. The number of nitrogens with zero attached hydrogens (tertiary/aromatic N) is 2. The van der Waals surface area contributed by atoms with Gasteiger partial charge in [0.05, 0.1) is 37.8 Å². The minimum atomic E-state index is -3.82. The van der Waals surface area contributed by atoms with Crippen LogP contribution >= 0.6 is 11.3 Å². The summed E-state index contributed by atoms with van der Waals surface area (Å²) in [6, 6.07) is 6.11. The molecular weight excluding hydrogens is 506 g/mol. The van der Waals surface area contributed by atoms with Crippen LogP contribution in [0.15, 0.2) is 24.3 Å². The molecule has 0 saturated carbocycles. The van der Waals surface area contributed by atoms with Crippen molar-refractivity contribution in [3.05, 3.63) is 45.8 Å². The van der Waals surface area contributed by atoms with Crippen LogP contribution in [0.2, 0.25) is 0 Å². The number of hydrogen-bond donors (Lipinski definition) is 1. The monoisotopic (exact) mass is 535 g/mol. The maximum atomic E-state index is 13.0. The highest BCUT2D eigenvalue weighted by atomic mass is 32.2. The molecule has 1 N–H and O–H groups in total. The Bertz CT molecular complexity index is 1250. The zero-order chi connectivity index (χ0) is 25.9. The van der Waals surface area contributed by atoms with Gasteiger partial charge in [0.25, 0.3) is 5.91 Å². The van der Waals surface area contributed by atoms with Crippen molar-refractivity contribution >= 4 is 49.8 Å². The molecule has 4 rings (SSSR count). The highest BCUT2D eigenvalue weighted by molar-refractivity contribution is 7.92. The van der Waals surface area contributed by atoms with Crippen LogP contribution in [0.3, 0.4) is 0 Å². The summed E-state index contributed by atoms with van der Waals surface area (Å²) in [5.74, 6) is -1.27. The van der Waals surface area contributed by atoms with Gasteiger partial charge in [-0.1, -0.05) is 0 Å². The van der Waals surface area contributed by atoms with Crippen LogP contribution in [0.5, 0.6) is 0 Å². The van der Waals surface area contributed by atoms with E-state index in [9.17, 15) is 22.8 Å². The second-order valence-corrected chi connectivity index (χ2v) is 11.7. The van der Waals surface area contributed by atoms with E-state index in [-0.39, 0.29) is 11.6 Å². The number of carbonyl (C=O) groups is 3. The maximum Gasteiger partial charge on any atom is 0.341 e. The molecule has 0 unspecified atom stereocenters. The second-order valence-electron chi connectivity index (χ2n) is 8.68. The number of fused-ring (bicyclic) bond motifs is 1. The van der Waals surface area contributed by atoms with Crippen LogP contribution in [0, 0.1) is 0 Å². The minimum absolute atomic E-state index is 0.162. The largest absolute Gasteiger partial charge is 0.465 e. The van der Waals surface area contributed by atoms with E-state index < -0.39 is 28.4 Å². The van der Waals surface area contributed by atoms with E-state index in [4.69, 9.17) is 9.47 Å². The molecule has 0 spiro atoms. The Morgan fingerprint density at radius 3 is 2.42 bits per heavy atom. The van der Waals surface area contributed by atoms with Crippen molar-refractivity contribution < 1.29 is 32.3 Å². The van der Waals surface area contributed by atoms with Crippen molar-refractivity contribution in [3.8, 4) is 0 Å². The van der Waals surface area contributed by atoms with Crippen molar-refractivity contribution in [2.45, 2.75) is 25.7 Å². The van der Waals surface area contributed by atoms with Gasteiger partial charge in [0.2, 0.25) is 15.9 Å². The van der Waals surface area contributed by atoms with Crippen LogP contribution in [0.4, 0.5) is 10.7 Å². The zero-order valence-corrected chi connectivity index (χ0v) is 21.9.